The molecule has 2 heterocycles. The number of nitrogens with one attached hydrogen (secondary N) is 2. The van der Waals surface area contributed by atoms with Crippen molar-refractivity contribution in [1.82, 2.24) is 14.9 Å². The molecule has 0 unspecified atom stereocenters. The number of carbonyl (C=O) groups is 1. The molecule has 1 saturated carbocycles. The van der Waals surface area contributed by atoms with E-state index in [-0.39, 0.29) is 17.6 Å². The third-order valence-corrected chi connectivity index (χ3v) is 5.31. The van der Waals surface area contributed by atoms with Crippen molar-refractivity contribution in [2.24, 2.45) is 5.92 Å². The number of rotatable bonds is 4. The van der Waals surface area contributed by atoms with Gasteiger partial charge in [0, 0.05) is 6.54 Å². The van der Waals surface area contributed by atoms with E-state index < -0.39 is 0 Å². The third-order valence-electron chi connectivity index (χ3n) is 5.31. The molecule has 2 aromatic rings. The number of hydrogen-bond donors (Lipinski definition) is 2. The van der Waals surface area contributed by atoms with Gasteiger partial charge in [-0.25, -0.2) is 4.79 Å². The monoisotopic (exact) mass is 329 g/mol. The van der Waals surface area contributed by atoms with Gasteiger partial charge in [0.15, 0.2) is 0 Å². The molecule has 2 N–H and O–H groups in total. The van der Waals surface area contributed by atoms with Gasteiger partial charge in [0.1, 0.15) is 0 Å². The highest BCUT2D eigenvalue weighted by molar-refractivity contribution is 5.82. The van der Waals surface area contributed by atoms with Crippen LogP contribution in [0.2, 0.25) is 0 Å². The van der Waals surface area contributed by atoms with Gasteiger partial charge in [0.2, 0.25) is 5.91 Å². The van der Waals surface area contributed by atoms with Crippen molar-refractivity contribution in [2.75, 3.05) is 19.8 Å². The van der Waals surface area contributed by atoms with E-state index in [1.54, 1.807) is 0 Å². The molecule has 24 heavy (non-hydrogen) atoms. The highest BCUT2D eigenvalue weighted by Gasteiger charge is 2.31. The molecule has 1 saturated heterocycles. The molecule has 128 valence electrons. The van der Waals surface area contributed by atoms with Crippen molar-refractivity contribution in [2.45, 2.75) is 38.1 Å². The van der Waals surface area contributed by atoms with Gasteiger partial charge < -0.3 is 19.6 Å². The molecule has 1 aliphatic carbocycles. The molecule has 0 bridgehead atoms. The zero-order valence-corrected chi connectivity index (χ0v) is 13.7. The van der Waals surface area contributed by atoms with Crippen molar-refractivity contribution in [3.63, 3.8) is 0 Å². The Hall–Kier alpha value is -2.08. The number of nitrogens with zero attached hydrogens (tertiary/aromatic N) is 1. The van der Waals surface area contributed by atoms with Crippen LogP contribution in [0.25, 0.3) is 11.0 Å². The molecule has 0 radical (unpaired) electrons. The highest BCUT2D eigenvalue weighted by Crippen LogP contribution is 2.32. The second-order valence-electron chi connectivity index (χ2n) is 6.98. The zero-order valence-electron chi connectivity index (χ0n) is 13.7. The van der Waals surface area contributed by atoms with Gasteiger partial charge in [0.05, 0.1) is 36.7 Å². The van der Waals surface area contributed by atoms with E-state index in [1.165, 1.54) is 19.3 Å². The summed E-state index contributed by atoms with van der Waals surface area (Å²) in [6, 6.07) is 5.85. The Morgan fingerprint density at radius 3 is 2.88 bits per heavy atom. The maximum absolute atomic E-state index is 12.8. The Morgan fingerprint density at radius 2 is 2.08 bits per heavy atom. The summed E-state index contributed by atoms with van der Waals surface area (Å²) >= 11 is 0. The molecule has 1 aromatic carbocycles. The van der Waals surface area contributed by atoms with Crippen LogP contribution in [0.5, 0.6) is 0 Å². The summed E-state index contributed by atoms with van der Waals surface area (Å²) in [7, 11) is 0. The molecular weight excluding hydrogens is 306 g/mol. The lowest BCUT2D eigenvalue weighted by Crippen LogP contribution is -2.50. The lowest BCUT2D eigenvalue weighted by Gasteiger charge is -2.39. The fraction of sp³-hybridized carbons (Fsp3) is 0.556. The van der Waals surface area contributed by atoms with Gasteiger partial charge in [-0.2, -0.15) is 0 Å². The fourth-order valence-corrected chi connectivity index (χ4v) is 3.76. The molecule has 1 aliphatic heterocycles. The van der Waals surface area contributed by atoms with Crippen LogP contribution >= 0.6 is 0 Å². The van der Waals surface area contributed by atoms with Gasteiger partial charge >= 0.3 is 5.69 Å². The number of fused-ring (bicyclic) bond motifs is 1. The van der Waals surface area contributed by atoms with Crippen molar-refractivity contribution >= 4 is 16.9 Å². The van der Waals surface area contributed by atoms with E-state index in [2.05, 4.69) is 9.97 Å². The van der Waals surface area contributed by atoms with Gasteiger partial charge in [-0.05, 0) is 30.0 Å². The number of morpholine rings is 1. The van der Waals surface area contributed by atoms with Crippen LogP contribution in [-0.4, -0.2) is 46.6 Å². The number of hydrogen-bond acceptors (Lipinski definition) is 3. The minimum atomic E-state index is -0.220. The minimum absolute atomic E-state index is 0.153. The zero-order chi connectivity index (χ0) is 16.5. The van der Waals surface area contributed by atoms with Crippen LogP contribution < -0.4 is 5.69 Å². The SMILES string of the molecule is O=C(Cc1ccc2[nH]c(=O)[nH]c2c1)N1CCOC[C@@H]1CC1CCC1. The first-order valence-electron chi connectivity index (χ1n) is 8.77. The van der Waals surface area contributed by atoms with Crippen LogP contribution in [0, 0.1) is 5.92 Å². The lowest BCUT2D eigenvalue weighted by molar-refractivity contribution is -0.140. The Bertz CT molecular complexity index is 790. The van der Waals surface area contributed by atoms with Crippen molar-refractivity contribution in [1.29, 1.82) is 0 Å². The van der Waals surface area contributed by atoms with E-state index in [0.29, 0.717) is 26.2 Å². The van der Waals surface area contributed by atoms with Crippen LogP contribution in [0.15, 0.2) is 23.0 Å². The largest absolute Gasteiger partial charge is 0.377 e. The molecule has 6 nitrogen and oxygen atoms in total. The van der Waals surface area contributed by atoms with Gasteiger partial charge in [-0.15, -0.1) is 0 Å². The quantitative estimate of drug-likeness (QED) is 0.898. The summed E-state index contributed by atoms with van der Waals surface area (Å²) in [5, 5.41) is 0. The maximum Gasteiger partial charge on any atom is 0.323 e. The van der Waals surface area contributed by atoms with E-state index in [1.807, 2.05) is 23.1 Å². The van der Waals surface area contributed by atoms with Crippen LogP contribution in [-0.2, 0) is 16.0 Å². The number of H-pyrrole nitrogens is 2. The number of carbonyl (C=O) groups excluding carboxylic acids is 1. The third kappa shape index (κ3) is 3.11. The first-order valence-corrected chi connectivity index (χ1v) is 8.77. The van der Waals surface area contributed by atoms with Gasteiger partial charge in [0.25, 0.3) is 0 Å². The lowest BCUT2D eigenvalue weighted by atomic mass is 9.80. The normalized spacial score (nSPS) is 21.8. The summed E-state index contributed by atoms with van der Waals surface area (Å²) < 4.78 is 5.60. The Labute approximate surface area is 140 Å². The molecule has 6 heteroatoms. The summed E-state index contributed by atoms with van der Waals surface area (Å²) in [6.45, 7) is 1.96. The highest BCUT2D eigenvalue weighted by atomic mass is 16.5. The van der Waals surface area contributed by atoms with Crippen LogP contribution in [0.3, 0.4) is 0 Å². The number of aromatic amines is 2. The summed E-state index contributed by atoms with van der Waals surface area (Å²) in [5.74, 6) is 0.910. The molecule has 0 spiro atoms. The first-order chi connectivity index (χ1) is 11.7. The fourth-order valence-electron chi connectivity index (χ4n) is 3.76. The number of aromatic nitrogens is 2. The second-order valence-corrected chi connectivity index (χ2v) is 6.98. The summed E-state index contributed by atoms with van der Waals surface area (Å²) in [6.07, 6.45) is 5.33. The van der Waals surface area contributed by atoms with Crippen LogP contribution in [0.1, 0.15) is 31.2 Å². The Morgan fingerprint density at radius 1 is 1.25 bits per heavy atom. The van der Waals surface area contributed by atoms with Gasteiger partial charge in [-0.1, -0.05) is 25.3 Å². The number of benzene rings is 1. The maximum atomic E-state index is 12.8. The van der Waals surface area contributed by atoms with E-state index in [4.69, 9.17) is 4.74 Å². The minimum Gasteiger partial charge on any atom is -0.377 e. The molecule has 2 fully saturated rings. The van der Waals surface area contributed by atoms with Crippen molar-refractivity contribution in [3.8, 4) is 0 Å². The predicted molar refractivity (Wildman–Crippen MR) is 90.9 cm³/mol. The number of imidazole rings is 1. The van der Waals surface area contributed by atoms with Crippen LogP contribution in [0.4, 0.5) is 0 Å². The average Bonchev–Trinajstić information content (AvgIpc) is 2.90. The molecule has 1 atom stereocenters. The predicted octanol–water partition coefficient (Wildman–Crippen LogP) is 1.82. The molecule has 1 aromatic heterocycles. The summed E-state index contributed by atoms with van der Waals surface area (Å²) in [4.78, 5) is 31.6. The topological polar surface area (TPSA) is 78.2 Å². The average molecular weight is 329 g/mol. The first kappa shape index (κ1) is 15.4. The van der Waals surface area contributed by atoms with Crippen molar-refractivity contribution in [3.05, 3.63) is 34.2 Å². The van der Waals surface area contributed by atoms with E-state index in [9.17, 15) is 9.59 Å². The molecular formula is C18H23N3O3. The van der Waals surface area contributed by atoms with E-state index >= 15 is 0 Å². The molecule has 2 aliphatic rings. The number of ether oxygens (including phenoxy) is 1. The molecule has 4 rings (SSSR count). The standard InChI is InChI=1S/C18H23N3O3/c22-17(10-13-4-5-15-16(9-13)20-18(23)19-15)21-6-7-24-11-14(21)8-12-2-1-3-12/h4-5,9,12,14H,1-3,6-8,10-11H2,(H2,19,20,23)/t14-/m0/s1. The molecule has 1 amide bonds. The summed E-state index contributed by atoms with van der Waals surface area (Å²) in [5.41, 5.74) is 2.22. The van der Waals surface area contributed by atoms with E-state index in [0.717, 1.165) is 28.9 Å². The van der Waals surface area contributed by atoms with Crippen molar-refractivity contribution < 1.29 is 9.53 Å². The Balaban J connectivity index is 1.46. The Kier molecular flexibility index (Phi) is 4.14. The number of amides is 1. The van der Waals surface area contributed by atoms with Gasteiger partial charge in [-0.3, -0.25) is 4.79 Å². The second kappa shape index (κ2) is 6.43. The smallest absolute Gasteiger partial charge is 0.323 e.